The van der Waals surface area contributed by atoms with Crippen molar-refractivity contribution in [2.75, 3.05) is 6.61 Å². The van der Waals surface area contributed by atoms with E-state index >= 15 is 0 Å². The van der Waals surface area contributed by atoms with Crippen LogP contribution in [-0.2, 0) is 11.3 Å². The maximum Gasteiger partial charge on any atom is 0.338 e. The van der Waals surface area contributed by atoms with E-state index in [-0.39, 0.29) is 19.0 Å². The number of carbonyl (C=O) groups is 2. The van der Waals surface area contributed by atoms with Crippen LogP contribution < -0.4 is 0 Å². The van der Waals surface area contributed by atoms with Crippen molar-refractivity contribution in [3.05, 3.63) is 70.8 Å². The number of Topliss-reactive ketones (excluding diaryl/α,β-unsaturated/α-hetero) is 1. The van der Waals surface area contributed by atoms with Crippen molar-refractivity contribution in [3.8, 4) is 0 Å². The van der Waals surface area contributed by atoms with Crippen molar-refractivity contribution < 1.29 is 19.4 Å². The molecule has 2 aromatic carbocycles. The minimum atomic E-state index is -0.540. The first-order chi connectivity index (χ1) is 12.7. The summed E-state index contributed by atoms with van der Waals surface area (Å²) < 4.78 is 5.11. The molecule has 0 heterocycles. The molecule has 0 aliphatic heterocycles. The average Bonchev–Trinajstić information content (AvgIpc) is 2.72. The van der Waals surface area contributed by atoms with E-state index in [0.717, 1.165) is 5.56 Å². The molecule has 0 atom stereocenters. The molecule has 3 rings (SSSR count). The van der Waals surface area contributed by atoms with E-state index in [4.69, 9.17) is 9.84 Å². The highest BCUT2D eigenvalue weighted by Gasteiger charge is 2.16. The molecule has 26 heavy (non-hydrogen) atoms. The Kier molecular flexibility index (Phi) is 6.18. The van der Waals surface area contributed by atoms with Gasteiger partial charge in [0.05, 0.1) is 12.2 Å². The number of rotatable bonds is 6. The quantitative estimate of drug-likeness (QED) is 0.623. The molecule has 4 heteroatoms. The Bertz CT molecular complexity index is 741. The highest BCUT2D eigenvalue weighted by molar-refractivity contribution is 5.99. The lowest BCUT2D eigenvalue weighted by molar-refractivity contribution is 0.0474. The largest absolute Gasteiger partial charge is 0.454 e. The fourth-order valence-corrected chi connectivity index (χ4v) is 3.42. The van der Waals surface area contributed by atoms with Crippen LogP contribution in [0.5, 0.6) is 0 Å². The third-order valence-corrected chi connectivity index (χ3v) is 5.02. The van der Waals surface area contributed by atoms with E-state index in [1.807, 2.05) is 24.3 Å². The molecule has 136 valence electrons. The molecule has 1 aliphatic carbocycles. The predicted octanol–water partition coefficient (Wildman–Crippen LogP) is 4.27. The van der Waals surface area contributed by atoms with E-state index in [9.17, 15) is 9.59 Å². The average molecular weight is 352 g/mol. The Labute approximate surface area is 153 Å². The van der Waals surface area contributed by atoms with Crippen molar-refractivity contribution >= 4 is 11.8 Å². The van der Waals surface area contributed by atoms with Gasteiger partial charge >= 0.3 is 5.97 Å². The Morgan fingerprint density at radius 3 is 2.12 bits per heavy atom. The monoisotopic (exact) mass is 352 g/mol. The van der Waals surface area contributed by atoms with Crippen molar-refractivity contribution in [2.24, 2.45) is 0 Å². The molecule has 0 unspecified atom stereocenters. The summed E-state index contributed by atoms with van der Waals surface area (Å²) in [5, 5.41) is 9.01. The maximum atomic E-state index is 12.3. The molecule has 1 N–H and O–H groups in total. The molecule has 4 nitrogen and oxygen atoms in total. The fourth-order valence-electron chi connectivity index (χ4n) is 3.42. The fraction of sp³-hybridized carbons (Fsp3) is 0.364. The summed E-state index contributed by atoms with van der Waals surface area (Å²) in [7, 11) is 0. The molecular formula is C22H24O4. The van der Waals surface area contributed by atoms with E-state index in [0.29, 0.717) is 17.0 Å². The number of carbonyl (C=O) groups excluding carboxylic acids is 2. The lowest BCUT2D eigenvalue weighted by Crippen LogP contribution is -2.14. The second-order valence-corrected chi connectivity index (χ2v) is 6.81. The normalized spacial score (nSPS) is 14.8. The van der Waals surface area contributed by atoms with Crippen LogP contribution in [0.1, 0.15) is 69.9 Å². The second-order valence-electron chi connectivity index (χ2n) is 6.81. The number of esters is 1. The third-order valence-electron chi connectivity index (χ3n) is 5.02. The van der Waals surface area contributed by atoms with E-state index in [1.165, 1.54) is 37.7 Å². The van der Waals surface area contributed by atoms with Crippen molar-refractivity contribution in [3.63, 3.8) is 0 Å². The minimum Gasteiger partial charge on any atom is -0.454 e. The Morgan fingerprint density at radius 1 is 0.885 bits per heavy atom. The lowest BCUT2D eigenvalue weighted by Gasteiger charge is -2.22. The van der Waals surface area contributed by atoms with Gasteiger partial charge in [0.15, 0.2) is 12.4 Å². The zero-order valence-electron chi connectivity index (χ0n) is 14.8. The zero-order valence-corrected chi connectivity index (χ0v) is 14.8. The number of aliphatic hydroxyl groups excluding tert-OH is 1. The van der Waals surface area contributed by atoms with Gasteiger partial charge in [-0.15, -0.1) is 0 Å². The van der Waals surface area contributed by atoms with Gasteiger partial charge in [-0.1, -0.05) is 55.7 Å². The standard InChI is InChI=1S/C22H24O4/c23-14-16-6-8-20(9-7-16)22(25)26-15-21(24)19-12-10-18(11-13-19)17-4-2-1-3-5-17/h6-13,17,23H,1-5,14-15H2. The Hall–Kier alpha value is -2.46. The molecule has 0 saturated heterocycles. The summed E-state index contributed by atoms with van der Waals surface area (Å²) in [5.74, 6) is -0.144. The first kappa shape index (κ1) is 18.3. The molecule has 1 fully saturated rings. The summed E-state index contributed by atoms with van der Waals surface area (Å²) >= 11 is 0. The summed E-state index contributed by atoms with van der Waals surface area (Å²) in [6, 6.07) is 14.2. The van der Waals surface area contributed by atoms with Gasteiger partial charge in [-0.2, -0.15) is 0 Å². The highest BCUT2D eigenvalue weighted by Crippen LogP contribution is 2.32. The third kappa shape index (κ3) is 4.58. The topological polar surface area (TPSA) is 63.6 Å². The van der Waals surface area contributed by atoms with Crippen LogP contribution in [0, 0.1) is 0 Å². The van der Waals surface area contributed by atoms with Crippen molar-refractivity contribution in [2.45, 2.75) is 44.6 Å². The van der Waals surface area contributed by atoms with Crippen LogP contribution in [0.3, 0.4) is 0 Å². The van der Waals surface area contributed by atoms with Gasteiger partial charge in [-0.3, -0.25) is 4.79 Å². The van der Waals surface area contributed by atoms with Gasteiger partial charge in [0.25, 0.3) is 0 Å². The lowest BCUT2D eigenvalue weighted by atomic mass is 9.84. The summed E-state index contributed by atoms with van der Waals surface area (Å²) in [5.41, 5.74) is 2.94. The molecule has 0 spiro atoms. The summed E-state index contributed by atoms with van der Waals surface area (Å²) in [6.07, 6.45) is 6.32. The van der Waals surface area contributed by atoms with Crippen molar-refractivity contribution in [1.29, 1.82) is 0 Å². The Balaban J connectivity index is 1.54. The molecule has 0 amide bonds. The van der Waals surface area contributed by atoms with Crippen LogP contribution in [-0.4, -0.2) is 23.5 Å². The first-order valence-electron chi connectivity index (χ1n) is 9.17. The predicted molar refractivity (Wildman–Crippen MR) is 99.2 cm³/mol. The Morgan fingerprint density at radius 2 is 1.50 bits per heavy atom. The second kappa shape index (κ2) is 8.77. The SMILES string of the molecule is O=C(COC(=O)c1ccc(CO)cc1)c1ccc(C2CCCCC2)cc1. The van der Waals surface area contributed by atoms with Crippen LogP contribution in [0.15, 0.2) is 48.5 Å². The van der Waals surface area contributed by atoms with E-state index in [1.54, 1.807) is 24.3 Å². The summed E-state index contributed by atoms with van der Waals surface area (Å²) in [4.78, 5) is 24.3. The number of ether oxygens (including phenoxy) is 1. The van der Waals surface area contributed by atoms with Gasteiger partial charge in [-0.05, 0) is 42.0 Å². The molecule has 1 saturated carbocycles. The molecule has 0 bridgehead atoms. The molecule has 1 aliphatic rings. The highest BCUT2D eigenvalue weighted by atomic mass is 16.5. The van der Waals surface area contributed by atoms with Gasteiger partial charge in [0.2, 0.25) is 0 Å². The van der Waals surface area contributed by atoms with Gasteiger partial charge in [0.1, 0.15) is 0 Å². The number of hydrogen-bond donors (Lipinski definition) is 1. The maximum absolute atomic E-state index is 12.3. The van der Waals surface area contributed by atoms with E-state index in [2.05, 4.69) is 0 Å². The minimum absolute atomic E-state index is 0.0787. The number of aliphatic hydroxyl groups is 1. The summed E-state index contributed by atoms with van der Waals surface area (Å²) in [6.45, 7) is -0.353. The smallest absolute Gasteiger partial charge is 0.338 e. The molecule has 0 radical (unpaired) electrons. The van der Waals surface area contributed by atoms with Gasteiger partial charge in [0, 0.05) is 5.56 Å². The zero-order chi connectivity index (χ0) is 18.4. The first-order valence-corrected chi connectivity index (χ1v) is 9.17. The molecular weight excluding hydrogens is 328 g/mol. The van der Waals surface area contributed by atoms with Crippen LogP contribution in [0.25, 0.3) is 0 Å². The molecule has 0 aromatic heterocycles. The van der Waals surface area contributed by atoms with Gasteiger partial charge < -0.3 is 9.84 Å². The molecule has 2 aromatic rings. The van der Waals surface area contributed by atoms with E-state index < -0.39 is 5.97 Å². The van der Waals surface area contributed by atoms with Crippen molar-refractivity contribution in [1.82, 2.24) is 0 Å². The van der Waals surface area contributed by atoms with Gasteiger partial charge in [-0.25, -0.2) is 4.79 Å². The van der Waals surface area contributed by atoms with Crippen LogP contribution in [0.4, 0.5) is 0 Å². The van der Waals surface area contributed by atoms with Crippen LogP contribution in [0.2, 0.25) is 0 Å². The number of ketones is 1. The number of hydrogen-bond acceptors (Lipinski definition) is 4. The number of benzene rings is 2. The van der Waals surface area contributed by atoms with Crippen LogP contribution >= 0.6 is 0 Å².